The molecule has 3 fully saturated rings. The quantitative estimate of drug-likeness (QED) is 0.581. The van der Waals surface area contributed by atoms with E-state index < -0.39 is 0 Å². The third-order valence-corrected chi connectivity index (χ3v) is 6.94. The summed E-state index contributed by atoms with van der Waals surface area (Å²) >= 11 is 0. The van der Waals surface area contributed by atoms with Crippen molar-refractivity contribution in [2.24, 2.45) is 17.8 Å². The fraction of sp³-hybridized carbons (Fsp3) is 0.762. The molecule has 3 aliphatic heterocycles. The van der Waals surface area contributed by atoms with Crippen LogP contribution in [0, 0.1) is 17.8 Å². The Balaban J connectivity index is 1.29. The number of allylic oxidation sites excluding steroid dienone is 2. The zero-order chi connectivity index (χ0) is 18.8. The molecule has 0 aromatic heterocycles. The summed E-state index contributed by atoms with van der Waals surface area (Å²) in [5, 5.41) is 0. The summed E-state index contributed by atoms with van der Waals surface area (Å²) < 4.78 is 0. The molecule has 2 atom stereocenters. The van der Waals surface area contributed by atoms with Crippen LogP contribution >= 0.6 is 0 Å². The van der Waals surface area contributed by atoms with Crippen LogP contribution in [0.3, 0.4) is 0 Å². The van der Waals surface area contributed by atoms with Gasteiger partial charge in [0.05, 0.1) is 24.9 Å². The molecule has 148 valence electrons. The fourth-order valence-corrected chi connectivity index (χ4v) is 5.23. The lowest BCUT2D eigenvalue weighted by Gasteiger charge is -2.33. The van der Waals surface area contributed by atoms with Crippen molar-refractivity contribution in [1.82, 2.24) is 9.80 Å². The molecular formula is C21H32N3O3+. The lowest BCUT2D eigenvalue weighted by atomic mass is 9.85. The van der Waals surface area contributed by atoms with Gasteiger partial charge in [0.2, 0.25) is 17.7 Å². The van der Waals surface area contributed by atoms with Crippen molar-refractivity contribution >= 4 is 17.7 Å². The molecule has 0 aromatic rings. The third kappa shape index (κ3) is 3.82. The van der Waals surface area contributed by atoms with Crippen molar-refractivity contribution in [3.05, 3.63) is 12.2 Å². The highest BCUT2D eigenvalue weighted by molar-refractivity contribution is 6.05. The number of carbonyl (C=O) groups is 3. The second-order valence-electron chi connectivity index (χ2n) is 8.68. The fourth-order valence-electron chi connectivity index (χ4n) is 5.23. The van der Waals surface area contributed by atoms with Crippen molar-refractivity contribution in [2.75, 3.05) is 32.8 Å². The molecule has 6 nitrogen and oxygen atoms in total. The van der Waals surface area contributed by atoms with E-state index in [-0.39, 0.29) is 29.6 Å². The SMILES string of the molecule is O=C(C1CC[NH+](CN2C(=O)[C@H]3CC=CC[C@H]3C2=O)CC1)N1CCCCCC1. The predicted octanol–water partition coefficient (Wildman–Crippen LogP) is 0.593. The summed E-state index contributed by atoms with van der Waals surface area (Å²) in [4.78, 5) is 42.9. The Kier molecular flexibility index (Phi) is 5.62. The lowest BCUT2D eigenvalue weighted by molar-refractivity contribution is -0.913. The molecule has 0 spiro atoms. The number of fused-ring (bicyclic) bond motifs is 1. The smallest absolute Gasteiger partial charge is 0.237 e. The summed E-state index contributed by atoms with van der Waals surface area (Å²) in [5.41, 5.74) is 0. The Bertz CT molecular complexity index is 590. The Morgan fingerprint density at radius 1 is 0.926 bits per heavy atom. The van der Waals surface area contributed by atoms with E-state index in [1.165, 1.54) is 22.6 Å². The minimum atomic E-state index is -0.135. The monoisotopic (exact) mass is 374 g/mol. The number of hydrogen-bond donors (Lipinski definition) is 1. The summed E-state index contributed by atoms with van der Waals surface area (Å²) in [6, 6.07) is 0. The molecule has 3 heterocycles. The number of carbonyl (C=O) groups excluding carboxylic acids is 3. The Hall–Kier alpha value is -1.69. The summed E-state index contributed by atoms with van der Waals surface area (Å²) in [7, 11) is 0. The first-order valence-corrected chi connectivity index (χ1v) is 10.8. The van der Waals surface area contributed by atoms with Crippen LogP contribution in [0.2, 0.25) is 0 Å². The molecule has 4 rings (SSSR count). The van der Waals surface area contributed by atoms with Gasteiger partial charge in [-0.25, -0.2) is 4.90 Å². The van der Waals surface area contributed by atoms with Gasteiger partial charge in [0.1, 0.15) is 0 Å². The molecule has 0 unspecified atom stereocenters. The van der Waals surface area contributed by atoms with E-state index >= 15 is 0 Å². The van der Waals surface area contributed by atoms with Crippen molar-refractivity contribution in [3.63, 3.8) is 0 Å². The Morgan fingerprint density at radius 3 is 2.04 bits per heavy atom. The molecule has 0 bridgehead atoms. The minimum absolute atomic E-state index is 0.0182. The van der Waals surface area contributed by atoms with E-state index in [0.717, 1.165) is 51.9 Å². The first-order valence-electron chi connectivity index (χ1n) is 10.8. The number of rotatable bonds is 3. The largest absolute Gasteiger partial charge is 0.342 e. The maximum Gasteiger partial charge on any atom is 0.237 e. The topological polar surface area (TPSA) is 62.1 Å². The van der Waals surface area contributed by atoms with Crippen LogP contribution in [0.25, 0.3) is 0 Å². The number of quaternary nitrogens is 1. The maximum atomic E-state index is 12.8. The highest BCUT2D eigenvalue weighted by atomic mass is 16.2. The molecule has 27 heavy (non-hydrogen) atoms. The summed E-state index contributed by atoms with van der Waals surface area (Å²) in [5.74, 6) is 0.229. The van der Waals surface area contributed by atoms with Gasteiger partial charge in [-0.15, -0.1) is 0 Å². The molecule has 4 aliphatic rings. The number of nitrogens with zero attached hydrogens (tertiary/aromatic N) is 2. The van der Waals surface area contributed by atoms with Gasteiger partial charge in [-0.1, -0.05) is 25.0 Å². The predicted molar refractivity (Wildman–Crippen MR) is 101 cm³/mol. The van der Waals surface area contributed by atoms with Crippen molar-refractivity contribution < 1.29 is 19.3 Å². The molecule has 3 saturated heterocycles. The van der Waals surface area contributed by atoms with E-state index in [2.05, 4.69) is 4.90 Å². The maximum absolute atomic E-state index is 12.8. The summed E-state index contributed by atoms with van der Waals surface area (Å²) in [6.45, 7) is 4.05. The van der Waals surface area contributed by atoms with Crippen molar-refractivity contribution in [1.29, 1.82) is 0 Å². The van der Waals surface area contributed by atoms with Gasteiger partial charge < -0.3 is 9.80 Å². The first kappa shape index (κ1) is 18.7. The third-order valence-electron chi connectivity index (χ3n) is 6.94. The number of likely N-dealkylation sites (tertiary alicyclic amines) is 3. The second-order valence-corrected chi connectivity index (χ2v) is 8.68. The van der Waals surface area contributed by atoms with Gasteiger partial charge in [0, 0.05) is 31.8 Å². The van der Waals surface area contributed by atoms with Gasteiger partial charge in [-0.05, 0) is 25.7 Å². The number of nitrogens with one attached hydrogen (secondary N) is 1. The van der Waals surface area contributed by atoms with Crippen molar-refractivity contribution in [2.45, 2.75) is 51.4 Å². The van der Waals surface area contributed by atoms with E-state index in [9.17, 15) is 14.4 Å². The molecule has 1 aliphatic carbocycles. The standard InChI is InChI=1S/C21H31N3O3/c25-19(23-11-5-1-2-6-12-23)16-9-13-22(14-10-16)15-24-20(26)17-7-3-4-8-18(17)21(24)27/h3-4,16-18H,1-2,5-15H2/p+1/t17-,18+. The average Bonchev–Trinajstić information content (AvgIpc) is 2.91. The van der Waals surface area contributed by atoms with Crippen LogP contribution < -0.4 is 4.90 Å². The number of hydrogen-bond acceptors (Lipinski definition) is 3. The van der Waals surface area contributed by atoms with Gasteiger partial charge in [0.15, 0.2) is 6.67 Å². The Morgan fingerprint density at radius 2 is 1.48 bits per heavy atom. The van der Waals surface area contributed by atoms with Gasteiger partial charge in [-0.3, -0.25) is 14.4 Å². The van der Waals surface area contributed by atoms with Crippen LogP contribution in [-0.4, -0.2) is 60.4 Å². The number of amides is 3. The van der Waals surface area contributed by atoms with Crippen LogP contribution in [0.15, 0.2) is 12.2 Å². The molecule has 0 aromatic carbocycles. The second kappa shape index (κ2) is 8.13. The van der Waals surface area contributed by atoms with Gasteiger partial charge in [0.25, 0.3) is 0 Å². The minimum Gasteiger partial charge on any atom is -0.342 e. The number of imide groups is 1. The van der Waals surface area contributed by atoms with E-state index in [4.69, 9.17) is 0 Å². The Labute approximate surface area is 161 Å². The molecule has 3 amide bonds. The van der Waals surface area contributed by atoms with Gasteiger partial charge >= 0.3 is 0 Å². The number of piperidine rings is 1. The van der Waals surface area contributed by atoms with Crippen LogP contribution in [0.4, 0.5) is 0 Å². The van der Waals surface area contributed by atoms with E-state index in [0.29, 0.717) is 25.4 Å². The molecule has 0 radical (unpaired) electrons. The zero-order valence-corrected chi connectivity index (χ0v) is 16.2. The average molecular weight is 375 g/mol. The first-order chi connectivity index (χ1) is 13.1. The highest BCUT2D eigenvalue weighted by Gasteiger charge is 2.48. The van der Waals surface area contributed by atoms with E-state index in [1.807, 2.05) is 12.2 Å². The molecule has 6 heteroatoms. The van der Waals surface area contributed by atoms with E-state index in [1.54, 1.807) is 0 Å². The van der Waals surface area contributed by atoms with Gasteiger partial charge in [-0.2, -0.15) is 0 Å². The zero-order valence-electron chi connectivity index (χ0n) is 16.2. The van der Waals surface area contributed by atoms with Crippen LogP contribution in [-0.2, 0) is 14.4 Å². The highest BCUT2D eigenvalue weighted by Crippen LogP contribution is 2.34. The molecular weight excluding hydrogens is 342 g/mol. The van der Waals surface area contributed by atoms with Crippen LogP contribution in [0.5, 0.6) is 0 Å². The van der Waals surface area contributed by atoms with Crippen molar-refractivity contribution in [3.8, 4) is 0 Å². The lowest BCUT2D eigenvalue weighted by Crippen LogP contribution is -3.14. The van der Waals surface area contributed by atoms with Crippen LogP contribution in [0.1, 0.15) is 51.4 Å². The molecule has 1 N–H and O–H groups in total. The molecule has 0 saturated carbocycles. The summed E-state index contributed by atoms with van der Waals surface area (Å²) in [6.07, 6.45) is 11.9. The normalized spacial score (nSPS) is 34.5.